The minimum atomic E-state index is -3.73. The van der Waals surface area contributed by atoms with Crippen LogP contribution >= 0.6 is 0 Å². The lowest BCUT2D eigenvalue weighted by Crippen LogP contribution is -2.39. The number of hydrogen-bond donors (Lipinski definition) is 3. The number of nitrogens with zero attached hydrogens (tertiary/aromatic N) is 4. The van der Waals surface area contributed by atoms with Gasteiger partial charge >= 0.3 is 5.97 Å². The second kappa shape index (κ2) is 5.65. The zero-order valence-electron chi connectivity index (χ0n) is 8.99. The molecule has 0 aromatic carbocycles. The molecule has 0 aliphatic rings. The molecule has 0 radical (unpaired) electrons. The summed E-state index contributed by atoms with van der Waals surface area (Å²) >= 11 is 0. The van der Waals surface area contributed by atoms with Gasteiger partial charge in [-0.3, -0.25) is 4.79 Å². The zero-order valence-corrected chi connectivity index (χ0v) is 9.81. The molecule has 0 saturated carbocycles. The molecule has 0 unspecified atom stereocenters. The lowest BCUT2D eigenvalue weighted by atomic mass is 10.4. The van der Waals surface area contributed by atoms with E-state index >= 15 is 0 Å². The highest BCUT2D eigenvalue weighted by atomic mass is 32.2. The van der Waals surface area contributed by atoms with Gasteiger partial charge in [-0.25, -0.2) is 0 Å². The van der Waals surface area contributed by atoms with Crippen molar-refractivity contribution in [2.75, 3.05) is 13.6 Å². The van der Waals surface area contributed by atoms with Gasteiger partial charge in [-0.15, -0.1) is 10.2 Å². The molecule has 1 aromatic rings. The molecule has 0 aliphatic carbocycles. The molecule has 10 nitrogen and oxygen atoms in total. The first-order chi connectivity index (χ1) is 7.92. The normalized spacial score (nSPS) is 11.9. The standard InChI is InChI=1S/C6H12N6O4S/c1-12(3-2-6(13)14)17(15,16)7-4-5-8-10-11-9-5/h7H,2-4H2,1H3,(H,13,14)(H,8,9,10,11). The number of aromatic amines is 1. The minimum Gasteiger partial charge on any atom is -0.481 e. The molecule has 1 rings (SSSR count). The predicted octanol–water partition coefficient (Wildman–Crippen LogP) is -2.06. The molecular weight excluding hydrogens is 252 g/mol. The number of rotatable bonds is 7. The van der Waals surface area contributed by atoms with Crippen molar-refractivity contribution in [1.82, 2.24) is 29.7 Å². The number of tetrazole rings is 1. The molecule has 17 heavy (non-hydrogen) atoms. The maximum absolute atomic E-state index is 11.6. The van der Waals surface area contributed by atoms with Crippen LogP contribution in [0.5, 0.6) is 0 Å². The number of carboxylic acid groups (broad SMARTS) is 1. The molecule has 11 heteroatoms. The van der Waals surface area contributed by atoms with Gasteiger partial charge in [0.05, 0.1) is 13.0 Å². The number of carbonyl (C=O) groups is 1. The largest absolute Gasteiger partial charge is 0.481 e. The van der Waals surface area contributed by atoms with E-state index in [4.69, 9.17) is 5.11 Å². The van der Waals surface area contributed by atoms with Gasteiger partial charge in [0.2, 0.25) is 0 Å². The predicted molar refractivity (Wildman–Crippen MR) is 54.8 cm³/mol. The molecule has 0 saturated heterocycles. The van der Waals surface area contributed by atoms with E-state index in [1.54, 1.807) is 0 Å². The third kappa shape index (κ3) is 4.42. The zero-order chi connectivity index (χ0) is 12.9. The van der Waals surface area contributed by atoms with Crippen molar-refractivity contribution in [3.05, 3.63) is 5.82 Å². The number of H-pyrrole nitrogens is 1. The Balaban J connectivity index is 2.47. The highest BCUT2D eigenvalue weighted by Crippen LogP contribution is 1.97. The number of aromatic nitrogens is 4. The smallest absolute Gasteiger partial charge is 0.304 e. The van der Waals surface area contributed by atoms with Crippen molar-refractivity contribution < 1.29 is 18.3 Å². The highest BCUT2D eigenvalue weighted by Gasteiger charge is 2.18. The van der Waals surface area contributed by atoms with Crippen molar-refractivity contribution >= 4 is 16.2 Å². The van der Waals surface area contributed by atoms with E-state index in [-0.39, 0.29) is 25.3 Å². The Kier molecular flexibility index (Phi) is 4.48. The lowest BCUT2D eigenvalue weighted by molar-refractivity contribution is -0.137. The van der Waals surface area contributed by atoms with Crippen LogP contribution in [0.3, 0.4) is 0 Å². The van der Waals surface area contributed by atoms with Gasteiger partial charge in [0.1, 0.15) is 0 Å². The van der Waals surface area contributed by atoms with Gasteiger partial charge in [-0.2, -0.15) is 22.7 Å². The molecule has 0 atom stereocenters. The fourth-order valence-corrected chi connectivity index (χ4v) is 1.76. The molecule has 3 N–H and O–H groups in total. The summed E-state index contributed by atoms with van der Waals surface area (Å²) < 4.78 is 26.3. The quantitative estimate of drug-likeness (QED) is 0.514. The Morgan fingerprint density at radius 1 is 1.59 bits per heavy atom. The van der Waals surface area contributed by atoms with Crippen LogP contribution in [0.1, 0.15) is 12.2 Å². The topological polar surface area (TPSA) is 141 Å². The third-order valence-corrected chi connectivity index (χ3v) is 3.37. The van der Waals surface area contributed by atoms with Crippen LogP contribution in [-0.4, -0.2) is 58.0 Å². The lowest BCUT2D eigenvalue weighted by Gasteiger charge is -2.15. The van der Waals surface area contributed by atoms with Crippen molar-refractivity contribution in [3.8, 4) is 0 Å². The van der Waals surface area contributed by atoms with E-state index in [0.29, 0.717) is 0 Å². The molecular formula is C6H12N6O4S. The number of carboxylic acids is 1. The van der Waals surface area contributed by atoms with Crippen molar-refractivity contribution in [1.29, 1.82) is 0 Å². The van der Waals surface area contributed by atoms with Crippen LogP contribution in [0.15, 0.2) is 0 Å². The summed E-state index contributed by atoms with van der Waals surface area (Å²) in [5.74, 6) is -0.870. The summed E-state index contributed by atoms with van der Waals surface area (Å²) in [6.45, 7) is -0.229. The van der Waals surface area contributed by atoms with Crippen LogP contribution in [0.25, 0.3) is 0 Å². The first-order valence-corrected chi connectivity index (χ1v) is 6.01. The monoisotopic (exact) mass is 264 g/mol. The van der Waals surface area contributed by atoms with E-state index in [9.17, 15) is 13.2 Å². The minimum absolute atomic E-state index is 0.114. The average Bonchev–Trinajstić information content (AvgIpc) is 2.75. The summed E-state index contributed by atoms with van der Waals surface area (Å²) in [6, 6.07) is 0. The van der Waals surface area contributed by atoms with Gasteiger partial charge < -0.3 is 5.11 Å². The Hall–Kier alpha value is -1.59. The summed E-state index contributed by atoms with van der Waals surface area (Å²) in [7, 11) is -2.45. The Morgan fingerprint density at radius 3 is 2.82 bits per heavy atom. The molecule has 1 aromatic heterocycles. The second-order valence-corrected chi connectivity index (χ2v) is 4.98. The summed E-state index contributed by atoms with van der Waals surface area (Å²) in [4.78, 5) is 10.3. The van der Waals surface area contributed by atoms with Crippen LogP contribution in [-0.2, 0) is 21.5 Å². The van der Waals surface area contributed by atoms with Gasteiger partial charge in [0, 0.05) is 13.6 Å². The van der Waals surface area contributed by atoms with E-state index in [0.717, 1.165) is 4.31 Å². The van der Waals surface area contributed by atoms with Crippen LogP contribution in [0.2, 0.25) is 0 Å². The van der Waals surface area contributed by atoms with Gasteiger partial charge in [0.25, 0.3) is 10.2 Å². The molecule has 0 bridgehead atoms. The fraction of sp³-hybridized carbons (Fsp3) is 0.667. The maximum atomic E-state index is 11.6. The Morgan fingerprint density at radius 2 is 2.29 bits per heavy atom. The van der Waals surface area contributed by atoms with Crippen LogP contribution in [0, 0.1) is 0 Å². The summed E-state index contributed by atoms with van der Waals surface area (Å²) in [5.41, 5.74) is 0. The molecule has 0 amide bonds. The van der Waals surface area contributed by atoms with Crippen molar-refractivity contribution in [3.63, 3.8) is 0 Å². The SMILES string of the molecule is CN(CCC(=O)O)S(=O)(=O)NCc1nn[nH]n1. The van der Waals surface area contributed by atoms with Crippen LogP contribution in [0.4, 0.5) is 0 Å². The number of aliphatic carboxylic acids is 1. The molecule has 0 fully saturated rings. The second-order valence-electron chi connectivity index (χ2n) is 3.12. The van der Waals surface area contributed by atoms with Crippen molar-refractivity contribution in [2.24, 2.45) is 0 Å². The average molecular weight is 264 g/mol. The van der Waals surface area contributed by atoms with E-state index in [2.05, 4.69) is 25.3 Å². The van der Waals surface area contributed by atoms with E-state index < -0.39 is 16.2 Å². The molecule has 1 heterocycles. The molecule has 96 valence electrons. The van der Waals surface area contributed by atoms with E-state index in [1.807, 2.05) is 0 Å². The number of nitrogens with one attached hydrogen (secondary N) is 2. The number of hydrogen-bond acceptors (Lipinski definition) is 6. The molecule has 0 aliphatic heterocycles. The first-order valence-electron chi connectivity index (χ1n) is 4.57. The first kappa shape index (κ1) is 13.5. The summed E-state index contributed by atoms with van der Waals surface area (Å²) in [6.07, 6.45) is -0.264. The summed E-state index contributed by atoms with van der Waals surface area (Å²) in [5, 5.41) is 21.0. The molecule has 0 spiro atoms. The fourth-order valence-electron chi connectivity index (χ4n) is 0.897. The Bertz CT molecular complexity index is 457. The van der Waals surface area contributed by atoms with Gasteiger partial charge in [-0.05, 0) is 0 Å². The van der Waals surface area contributed by atoms with E-state index in [1.165, 1.54) is 7.05 Å². The van der Waals surface area contributed by atoms with Crippen LogP contribution < -0.4 is 4.72 Å². The third-order valence-electron chi connectivity index (χ3n) is 1.85. The van der Waals surface area contributed by atoms with Gasteiger partial charge in [-0.1, -0.05) is 5.21 Å². The maximum Gasteiger partial charge on any atom is 0.304 e. The van der Waals surface area contributed by atoms with Gasteiger partial charge in [0.15, 0.2) is 5.82 Å². The van der Waals surface area contributed by atoms with Crippen molar-refractivity contribution in [2.45, 2.75) is 13.0 Å². The highest BCUT2D eigenvalue weighted by molar-refractivity contribution is 7.87. The Labute approximate surface area is 97.2 Å².